The molecule has 1 aromatic carbocycles. The minimum atomic E-state index is -0.528. The van der Waals surface area contributed by atoms with Gasteiger partial charge in [0.15, 0.2) is 0 Å². The Balaban J connectivity index is 2.42. The number of benzene rings is 1. The van der Waals surface area contributed by atoms with Crippen molar-refractivity contribution >= 4 is 23.4 Å². The summed E-state index contributed by atoms with van der Waals surface area (Å²) >= 11 is 5.75. The van der Waals surface area contributed by atoms with Gasteiger partial charge in [0, 0.05) is 18.5 Å². The number of nitrogens with one attached hydrogen (secondary N) is 2. The maximum atomic E-state index is 11.6. The van der Waals surface area contributed by atoms with E-state index in [0.717, 1.165) is 5.56 Å². The first kappa shape index (κ1) is 13.5. The van der Waals surface area contributed by atoms with E-state index >= 15 is 0 Å². The Hall–Kier alpha value is -1.55. The van der Waals surface area contributed by atoms with E-state index in [9.17, 15) is 9.59 Å². The van der Waals surface area contributed by atoms with E-state index in [1.807, 2.05) is 12.1 Å². The Kier molecular flexibility index (Phi) is 4.97. The van der Waals surface area contributed by atoms with Gasteiger partial charge in [-0.3, -0.25) is 9.59 Å². The number of hydrogen-bond acceptors (Lipinski definition) is 2. The average Bonchev–Trinajstić information content (AvgIpc) is 2.27. The van der Waals surface area contributed by atoms with Crippen molar-refractivity contribution in [3.8, 4) is 0 Å². The molecule has 0 saturated carbocycles. The number of carbonyl (C=O) groups excluding carboxylic acids is 2. The van der Waals surface area contributed by atoms with E-state index in [2.05, 4.69) is 10.6 Å². The van der Waals surface area contributed by atoms with Crippen molar-refractivity contribution < 1.29 is 9.59 Å². The number of halogens is 1. The van der Waals surface area contributed by atoms with Gasteiger partial charge in [-0.15, -0.1) is 0 Å². The summed E-state index contributed by atoms with van der Waals surface area (Å²) in [6, 6.07) is 6.68. The van der Waals surface area contributed by atoms with Crippen LogP contribution < -0.4 is 10.6 Å². The first-order chi connectivity index (χ1) is 7.99. The lowest BCUT2D eigenvalue weighted by Gasteiger charge is -2.12. The maximum absolute atomic E-state index is 11.6. The highest BCUT2D eigenvalue weighted by Gasteiger charge is 2.12. The van der Waals surface area contributed by atoms with Crippen LogP contribution in [0.1, 0.15) is 19.4 Å². The van der Waals surface area contributed by atoms with Crippen LogP contribution in [0.15, 0.2) is 24.3 Å². The molecule has 1 unspecified atom stereocenters. The van der Waals surface area contributed by atoms with E-state index in [1.54, 1.807) is 19.1 Å². The molecule has 0 bridgehead atoms. The Morgan fingerprint density at radius 1 is 1.29 bits per heavy atom. The lowest BCUT2D eigenvalue weighted by atomic mass is 10.2. The summed E-state index contributed by atoms with van der Waals surface area (Å²) in [5.41, 5.74) is 0.956. The molecule has 0 spiro atoms. The number of carbonyl (C=O) groups is 2. The summed E-state index contributed by atoms with van der Waals surface area (Å²) < 4.78 is 0. The third-order valence-electron chi connectivity index (χ3n) is 2.19. The van der Waals surface area contributed by atoms with Crippen LogP contribution in [-0.2, 0) is 16.1 Å². The quantitative estimate of drug-likeness (QED) is 0.855. The topological polar surface area (TPSA) is 58.2 Å². The van der Waals surface area contributed by atoms with Crippen LogP contribution in [-0.4, -0.2) is 17.9 Å². The molecular weight excluding hydrogens is 240 g/mol. The molecule has 5 heteroatoms. The largest absolute Gasteiger partial charge is 0.350 e. The molecule has 0 aliphatic rings. The first-order valence-electron chi connectivity index (χ1n) is 5.28. The SMILES string of the molecule is CC(=O)NC(C)C(=O)NCc1ccc(Cl)cc1. The van der Waals surface area contributed by atoms with Gasteiger partial charge in [-0.2, -0.15) is 0 Å². The van der Waals surface area contributed by atoms with E-state index in [-0.39, 0.29) is 11.8 Å². The summed E-state index contributed by atoms with van der Waals surface area (Å²) in [6.45, 7) is 3.43. The zero-order valence-corrected chi connectivity index (χ0v) is 10.5. The zero-order chi connectivity index (χ0) is 12.8. The monoisotopic (exact) mass is 254 g/mol. The second-order valence-corrected chi connectivity index (χ2v) is 4.20. The van der Waals surface area contributed by atoms with E-state index < -0.39 is 6.04 Å². The smallest absolute Gasteiger partial charge is 0.242 e. The molecule has 1 aromatic rings. The van der Waals surface area contributed by atoms with Gasteiger partial charge in [-0.1, -0.05) is 23.7 Å². The van der Waals surface area contributed by atoms with Crippen molar-refractivity contribution in [2.24, 2.45) is 0 Å². The van der Waals surface area contributed by atoms with Crippen LogP contribution in [0.25, 0.3) is 0 Å². The molecule has 2 amide bonds. The Bertz CT molecular complexity index is 403. The van der Waals surface area contributed by atoms with E-state index in [1.165, 1.54) is 6.92 Å². The van der Waals surface area contributed by atoms with Crippen LogP contribution in [0.3, 0.4) is 0 Å². The lowest BCUT2D eigenvalue weighted by molar-refractivity contribution is -0.127. The molecule has 0 aliphatic carbocycles. The van der Waals surface area contributed by atoms with Crippen molar-refractivity contribution in [1.82, 2.24) is 10.6 Å². The van der Waals surface area contributed by atoms with Crippen molar-refractivity contribution in [1.29, 1.82) is 0 Å². The summed E-state index contributed by atoms with van der Waals surface area (Å²) in [7, 11) is 0. The van der Waals surface area contributed by atoms with Crippen molar-refractivity contribution in [3.05, 3.63) is 34.9 Å². The van der Waals surface area contributed by atoms with Crippen LogP contribution in [0.4, 0.5) is 0 Å². The van der Waals surface area contributed by atoms with Gasteiger partial charge in [0.05, 0.1) is 0 Å². The zero-order valence-electron chi connectivity index (χ0n) is 9.79. The second kappa shape index (κ2) is 6.25. The predicted octanol–water partition coefficient (Wildman–Crippen LogP) is 1.48. The normalized spacial score (nSPS) is 11.7. The molecular formula is C12H15ClN2O2. The molecule has 1 atom stereocenters. The van der Waals surface area contributed by atoms with Gasteiger partial charge in [0.1, 0.15) is 6.04 Å². The average molecular weight is 255 g/mol. The predicted molar refractivity (Wildman–Crippen MR) is 66.6 cm³/mol. The van der Waals surface area contributed by atoms with Gasteiger partial charge < -0.3 is 10.6 Å². The summed E-state index contributed by atoms with van der Waals surface area (Å²) in [4.78, 5) is 22.3. The maximum Gasteiger partial charge on any atom is 0.242 e. The molecule has 92 valence electrons. The molecule has 0 aliphatic heterocycles. The summed E-state index contributed by atoms with van der Waals surface area (Å²) in [5, 5.41) is 5.90. The number of amides is 2. The summed E-state index contributed by atoms with van der Waals surface area (Å²) in [5.74, 6) is -0.436. The molecule has 0 radical (unpaired) electrons. The highest BCUT2D eigenvalue weighted by atomic mass is 35.5. The molecule has 4 nitrogen and oxygen atoms in total. The highest BCUT2D eigenvalue weighted by Crippen LogP contribution is 2.09. The van der Waals surface area contributed by atoms with Gasteiger partial charge in [0.25, 0.3) is 0 Å². The van der Waals surface area contributed by atoms with Crippen LogP contribution in [0.5, 0.6) is 0 Å². The van der Waals surface area contributed by atoms with Crippen molar-refractivity contribution in [2.45, 2.75) is 26.4 Å². The third-order valence-corrected chi connectivity index (χ3v) is 2.45. The molecule has 17 heavy (non-hydrogen) atoms. The van der Waals surface area contributed by atoms with Crippen LogP contribution in [0, 0.1) is 0 Å². The van der Waals surface area contributed by atoms with Crippen LogP contribution in [0.2, 0.25) is 5.02 Å². The lowest BCUT2D eigenvalue weighted by Crippen LogP contribution is -2.43. The Morgan fingerprint density at radius 2 is 1.88 bits per heavy atom. The molecule has 1 rings (SSSR count). The first-order valence-corrected chi connectivity index (χ1v) is 5.66. The minimum Gasteiger partial charge on any atom is -0.350 e. The fraction of sp³-hybridized carbons (Fsp3) is 0.333. The van der Waals surface area contributed by atoms with Gasteiger partial charge in [-0.05, 0) is 24.6 Å². The standard InChI is InChI=1S/C12H15ClN2O2/c1-8(15-9(2)16)12(17)14-7-10-3-5-11(13)6-4-10/h3-6,8H,7H2,1-2H3,(H,14,17)(H,15,16). The minimum absolute atomic E-state index is 0.213. The fourth-order valence-electron chi connectivity index (χ4n) is 1.31. The fourth-order valence-corrected chi connectivity index (χ4v) is 1.44. The van der Waals surface area contributed by atoms with Gasteiger partial charge >= 0.3 is 0 Å². The Morgan fingerprint density at radius 3 is 2.41 bits per heavy atom. The number of rotatable bonds is 4. The second-order valence-electron chi connectivity index (χ2n) is 3.77. The third kappa shape index (κ3) is 4.87. The van der Waals surface area contributed by atoms with Crippen molar-refractivity contribution in [2.75, 3.05) is 0 Å². The van der Waals surface area contributed by atoms with Crippen molar-refractivity contribution in [3.63, 3.8) is 0 Å². The molecule has 0 heterocycles. The molecule has 0 fully saturated rings. The molecule has 0 aromatic heterocycles. The molecule has 0 saturated heterocycles. The number of hydrogen-bond donors (Lipinski definition) is 2. The van der Waals surface area contributed by atoms with Gasteiger partial charge in [-0.25, -0.2) is 0 Å². The Labute approximate surface area is 105 Å². The van der Waals surface area contributed by atoms with E-state index in [0.29, 0.717) is 11.6 Å². The van der Waals surface area contributed by atoms with E-state index in [4.69, 9.17) is 11.6 Å². The van der Waals surface area contributed by atoms with Gasteiger partial charge in [0.2, 0.25) is 11.8 Å². The highest BCUT2D eigenvalue weighted by molar-refractivity contribution is 6.30. The molecule has 2 N–H and O–H groups in total. The summed E-state index contributed by atoms with van der Waals surface area (Å²) in [6.07, 6.45) is 0. The van der Waals surface area contributed by atoms with Crippen LogP contribution >= 0.6 is 11.6 Å².